The van der Waals surface area contributed by atoms with Gasteiger partial charge in [0.25, 0.3) is 5.91 Å². The number of amides is 1. The first-order chi connectivity index (χ1) is 11.8. The lowest BCUT2D eigenvalue weighted by atomic mass is 9.95. The molecule has 2 aliphatic rings. The van der Waals surface area contributed by atoms with E-state index in [9.17, 15) is 4.79 Å². The van der Waals surface area contributed by atoms with Gasteiger partial charge in [-0.3, -0.25) is 4.79 Å². The van der Waals surface area contributed by atoms with Crippen molar-refractivity contribution in [2.75, 3.05) is 26.3 Å². The Kier molecular flexibility index (Phi) is 4.36. The van der Waals surface area contributed by atoms with Crippen molar-refractivity contribution in [2.45, 2.75) is 19.1 Å². The standard InChI is InChI=1S/C19H22N2O3/c22-18(16-4-3-5-17(14-16)20-8-1-2-9-20)21-10-6-15(7-11-21)19-23-12-13-24-19/h1-5,8-9,14-15,19H,6-7,10-13H2. The van der Waals surface area contributed by atoms with E-state index in [1.807, 2.05) is 58.3 Å². The van der Waals surface area contributed by atoms with E-state index >= 15 is 0 Å². The molecule has 2 saturated heterocycles. The fourth-order valence-electron chi connectivity index (χ4n) is 3.51. The molecular formula is C19H22N2O3. The fourth-order valence-corrected chi connectivity index (χ4v) is 3.51. The quantitative estimate of drug-likeness (QED) is 0.871. The van der Waals surface area contributed by atoms with Gasteiger partial charge in [0.05, 0.1) is 13.2 Å². The molecule has 2 fully saturated rings. The normalized spacial score (nSPS) is 19.8. The fraction of sp³-hybridized carbons (Fsp3) is 0.421. The van der Waals surface area contributed by atoms with Gasteiger partial charge in [-0.15, -0.1) is 0 Å². The van der Waals surface area contributed by atoms with E-state index in [4.69, 9.17) is 9.47 Å². The van der Waals surface area contributed by atoms with Crippen LogP contribution in [0.4, 0.5) is 0 Å². The summed E-state index contributed by atoms with van der Waals surface area (Å²) >= 11 is 0. The second kappa shape index (κ2) is 6.79. The Hall–Kier alpha value is -2.11. The van der Waals surface area contributed by atoms with Gasteiger partial charge in [-0.2, -0.15) is 0 Å². The summed E-state index contributed by atoms with van der Waals surface area (Å²) in [4.78, 5) is 14.7. The number of hydrogen-bond donors (Lipinski definition) is 0. The topological polar surface area (TPSA) is 43.7 Å². The largest absolute Gasteiger partial charge is 0.350 e. The van der Waals surface area contributed by atoms with Crippen LogP contribution in [0, 0.1) is 5.92 Å². The van der Waals surface area contributed by atoms with E-state index in [1.54, 1.807) is 0 Å². The molecule has 0 bridgehead atoms. The molecule has 3 heterocycles. The number of aromatic nitrogens is 1. The molecule has 2 aliphatic heterocycles. The van der Waals surface area contributed by atoms with Crippen LogP contribution in [-0.2, 0) is 9.47 Å². The van der Waals surface area contributed by atoms with Crippen LogP contribution in [0.2, 0.25) is 0 Å². The number of nitrogens with zero attached hydrogens (tertiary/aromatic N) is 2. The lowest BCUT2D eigenvalue weighted by molar-refractivity contribution is -0.0956. The zero-order chi connectivity index (χ0) is 16.4. The zero-order valence-corrected chi connectivity index (χ0v) is 13.6. The highest BCUT2D eigenvalue weighted by atomic mass is 16.7. The lowest BCUT2D eigenvalue weighted by Crippen LogP contribution is -2.41. The number of piperidine rings is 1. The van der Waals surface area contributed by atoms with Crippen LogP contribution >= 0.6 is 0 Å². The third-order valence-electron chi connectivity index (χ3n) is 4.85. The summed E-state index contributed by atoms with van der Waals surface area (Å²) in [5, 5.41) is 0. The lowest BCUT2D eigenvalue weighted by Gasteiger charge is -2.34. The first kappa shape index (κ1) is 15.4. The highest BCUT2D eigenvalue weighted by Gasteiger charge is 2.32. The Morgan fingerprint density at radius 2 is 1.71 bits per heavy atom. The van der Waals surface area contributed by atoms with Crippen molar-refractivity contribution >= 4 is 5.91 Å². The van der Waals surface area contributed by atoms with E-state index in [1.165, 1.54) is 0 Å². The van der Waals surface area contributed by atoms with Crippen molar-refractivity contribution in [1.82, 2.24) is 9.47 Å². The highest BCUT2D eigenvalue weighted by molar-refractivity contribution is 5.94. The van der Waals surface area contributed by atoms with Crippen LogP contribution in [0.15, 0.2) is 48.8 Å². The summed E-state index contributed by atoms with van der Waals surface area (Å²) in [7, 11) is 0. The SMILES string of the molecule is O=C(c1cccc(-n2cccc2)c1)N1CCC(C2OCCO2)CC1. The van der Waals surface area contributed by atoms with Gasteiger partial charge in [0, 0.05) is 42.7 Å². The van der Waals surface area contributed by atoms with Crippen LogP contribution in [0.3, 0.4) is 0 Å². The first-order valence-electron chi connectivity index (χ1n) is 8.57. The molecule has 126 valence electrons. The summed E-state index contributed by atoms with van der Waals surface area (Å²) in [6.45, 7) is 2.91. The number of carbonyl (C=O) groups is 1. The summed E-state index contributed by atoms with van der Waals surface area (Å²) in [6.07, 6.45) is 5.77. The third-order valence-corrected chi connectivity index (χ3v) is 4.85. The van der Waals surface area contributed by atoms with Crippen LogP contribution in [-0.4, -0.2) is 48.0 Å². The first-order valence-corrected chi connectivity index (χ1v) is 8.57. The molecule has 0 unspecified atom stereocenters. The van der Waals surface area contributed by atoms with Gasteiger partial charge in [0.15, 0.2) is 6.29 Å². The van der Waals surface area contributed by atoms with E-state index in [-0.39, 0.29) is 12.2 Å². The van der Waals surface area contributed by atoms with Crippen LogP contribution in [0.25, 0.3) is 5.69 Å². The molecule has 1 amide bonds. The third kappa shape index (κ3) is 3.09. The van der Waals surface area contributed by atoms with Crippen LogP contribution in [0.5, 0.6) is 0 Å². The van der Waals surface area contributed by atoms with Crippen LogP contribution < -0.4 is 0 Å². The molecule has 4 rings (SSSR count). The van der Waals surface area contributed by atoms with E-state index in [0.717, 1.165) is 37.2 Å². The van der Waals surface area contributed by atoms with Gasteiger partial charge in [-0.05, 0) is 43.2 Å². The summed E-state index contributed by atoms with van der Waals surface area (Å²) < 4.78 is 13.2. The summed E-state index contributed by atoms with van der Waals surface area (Å²) in [5.74, 6) is 0.512. The van der Waals surface area contributed by atoms with Gasteiger partial charge in [-0.1, -0.05) is 6.07 Å². The maximum absolute atomic E-state index is 12.8. The molecule has 1 aromatic carbocycles. The zero-order valence-electron chi connectivity index (χ0n) is 13.6. The Morgan fingerprint density at radius 1 is 1.00 bits per heavy atom. The second-order valence-corrected chi connectivity index (χ2v) is 6.38. The highest BCUT2D eigenvalue weighted by Crippen LogP contribution is 2.26. The molecule has 0 saturated carbocycles. The minimum atomic E-state index is -0.0701. The Labute approximate surface area is 141 Å². The molecule has 0 N–H and O–H groups in total. The molecule has 0 radical (unpaired) electrons. The predicted octanol–water partition coefficient (Wildman–Crippen LogP) is 2.70. The smallest absolute Gasteiger partial charge is 0.253 e. The van der Waals surface area contributed by atoms with Crippen molar-refractivity contribution in [3.8, 4) is 5.69 Å². The van der Waals surface area contributed by atoms with Crippen molar-refractivity contribution < 1.29 is 14.3 Å². The molecule has 5 nitrogen and oxygen atoms in total. The molecule has 2 aromatic rings. The molecule has 0 spiro atoms. The number of ether oxygens (including phenoxy) is 2. The Morgan fingerprint density at radius 3 is 2.42 bits per heavy atom. The number of carbonyl (C=O) groups excluding carboxylic acids is 1. The Balaban J connectivity index is 1.42. The van der Waals surface area contributed by atoms with Gasteiger partial charge < -0.3 is 18.9 Å². The molecule has 24 heavy (non-hydrogen) atoms. The number of likely N-dealkylation sites (tertiary alicyclic amines) is 1. The molecule has 0 atom stereocenters. The number of hydrogen-bond acceptors (Lipinski definition) is 3. The molecule has 1 aromatic heterocycles. The number of benzene rings is 1. The van der Waals surface area contributed by atoms with E-state index in [0.29, 0.717) is 19.1 Å². The van der Waals surface area contributed by atoms with E-state index < -0.39 is 0 Å². The van der Waals surface area contributed by atoms with Gasteiger partial charge >= 0.3 is 0 Å². The van der Waals surface area contributed by atoms with Crippen molar-refractivity contribution in [3.63, 3.8) is 0 Å². The van der Waals surface area contributed by atoms with Crippen LogP contribution in [0.1, 0.15) is 23.2 Å². The summed E-state index contributed by atoms with van der Waals surface area (Å²) in [5.41, 5.74) is 1.75. The van der Waals surface area contributed by atoms with Crippen molar-refractivity contribution in [2.24, 2.45) is 5.92 Å². The number of rotatable bonds is 3. The van der Waals surface area contributed by atoms with Crippen molar-refractivity contribution in [3.05, 3.63) is 54.4 Å². The second-order valence-electron chi connectivity index (χ2n) is 6.38. The monoisotopic (exact) mass is 326 g/mol. The summed E-state index contributed by atoms with van der Waals surface area (Å²) in [6, 6.07) is 11.8. The molecule has 0 aliphatic carbocycles. The minimum absolute atomic E-state index is 0.0701. The van der Waals surface area contributed by atoms with Gasteiger partial charge in [-0.25, -0.2) is 0 Å². The maximum Gasteiger partial charge on any atom is 0.253 e. The predicted molar refractivity (Wildman–Crippen MR) is 90.1 cm³/mol. The average molecular weight is 326 g/mol. The average Bonchev–Trinajstić information content (AvgIpc) is 3.35. The van der Waals surface area contributed by atoms with E-state index in [2.05, 4.69) is 0 Å². The minimum Gasteiger partial charge on any atom is -0.350 e. The van der Waals surface area contributed by atoms with Gasteiger partial charge in [0.1, 0.15) is 0 Å². The maximum atomic E-state index is 12.8. The Bertz CT molecular complexity index is 684. The molecular weight excluding hydrogens is 304 g/mol. The van der Waals surface area contributed by atoms with Gasteiger partial charge in [0.2, 0.25) is 0 Å². The van der Waals surface area contributed by atoms with Crippen molar-refractivity contribution in [1.29, 1.82) is 0 Å². The molecule has 5 heteroatoms.